The van der Waals surface area contributed by atoms with Gasteiger partial charge in [-0.2, -0.15) is 0 Å². The largest absolute Gasteiger partial charge is 0.573 e. The molecule has 1 aromatic rings. The highest BCUT2D eigenvalue weighted by Crippen LogP contribution is 2.28. The van der Waals surface area contributed by atoms with E-state index in [1.807, 2.05) is 0 Å². The second-order valence-electron chi connectivity index (χ2n) is 3.03. The van der Waals surface area contributed by atoms with Crippen molar-refractivity contribution in [1.82, 2.24) is 0 Å². The van der Waals surface area contributed by atoms with Crippen LogP contribution in [0.15, 0.2) is 18.2 Å². The van der Waals surface area contributed by atoms with Crippen LogP contribution in [0.2, 0.25) is 0 Å². The molecule has 0 aliphatic heterocycles. The first kappa shape index (κ1) is 13.3. The van der Waals surface area contributed by atoms with Gasteiger partial charge in [0.1, 0.15) is 11.3 Å². The molecule has 1 N–H and O–H groups in total. The number of halogens is 3. The molecular weight excluding hydrogens is 241 g/mol. The summed E-state index contributed by atoms with van der Waals surface area (Å²) < 4.78 is 44.3. The fraction of sp³-hybridized carbons (Fsp3) is 0.300. The van der Waals surface area contributed by atoms with Gasteiger partial charge in [0.15, 0.2) is 0 Å². The van der Waals surface area contributed by atoms with Crippen LogP contribution < -0.4 is 4.74 Å². The average molecular weight is 250 g/mol. The SMILES string of the molecule is COC(=O)c1ccc(CO)cc1OC(F)(F)F. The molecule has 0 fully saturated rings. The monoisotopic (exact) mass is 250 g/mol. The van der Waals surface area contributed by atoms with E-state index in [1.165, 1.54) is 6.07 Å². The number of aliphatic hydroxyl groups excluding tert-OH is 1. The lowest BCUT2D eigenvalue weighted by atomic mass is 10.1. The molecule has 0 aliphatic rings. The lowest BCUT2D eigenvalue weighted by Crippen LogP contribution is -2.19. The molecule has 0 bridgehead atoms. The molecule has 0 amide bonds. The number of carbonyl (C=O) groups is 1. The Hall–Kier alpha value is -1.76. The summed E-state index contributed by atoms with van der Waals surface area (Å²) in [5.74, 6) is -1.65. The summed E-state index contributed by atoms with van der Waals surface area (Å²) in [6.45, 7) is -0.463. The van der Waals surface area contributed by atoms with Crippen molar-refractivity contribution in [3.05, 3.63) is 29.3 Å². The maximum absolute atomic E-state index is 12.1. The Bertz CT molecular complexity index is 415. The Morgan fingerprint density at radius 1 is 1.41 bits per heavy atom. The maximum atomic E-state index is 12.1. The summed E-state index contributed by atoms with van der Waals surface area (Å²) >= 11 is 0. The van der Waals surface area contributed by atoms with Gasteiger partial charge in [0.25, 0.3) is 0 Å². The summed E-state index contributed by atoms with van der Waals surface area (Å²) in [5.41, 5.74) is -0.168. The third-order valence-electron chi connectivity index (χ3n) is 1.86. The highest BCUT2D eigenvalue weighted by atomic mass is 19.4. The van der Waals surface area contributed by atoms with Gasteiger partial charge in [-0.1, -0.05) is 6.07 Å². The van der Waals surface area contributed by atoms with E-state index in [-0.39, 0.29) is 11.1 Å². The van der Waals surface area contributed by atoms with Gasteiger partial charge in [0.05, 0.1) is 13.7 Å². The van der Waals surface area contributed by atoms with Crippen LogP contribution in [0.3, 0.4) is 0 Å². The molecule has 0 radical (unpaired) electrons. The van der Waals surface area contributed by atoms with E-state index in [1.54, 1.807) is 0 Å². The Kier molecular flexibility index (Phi) is 3.95. The van der Waals surface area contributed by atoms with Crippen LogP contribution in [-0.2, 0) is 11.3 Å². The Morgan fingerprint density at radius 3 is 2.53 bits per heavy atom. The molecule has 0 heterocycles. The highest BCUT2D eigenvalue weighted by Gasteiger charge is 2.33. The first-order valence-corrected chi connectivity index (χ1v) is 4.45. The van der Waals surface area contributed by atoms with Crippen LogP contribution in [0.4, 0.5) is 13.2 Å². The molecule has 17 heavy (non-hydrogen) atoms. The van der Waals surface area contributed by atoms with Crippen LogP contribution in [0, 0.1) is 0 Å². The van der Waals surface area contributed by atoms with E-state index in [4.69, 9.17) is 5.11 Å². The number of aliphatic hydroxyl groups is 1. The minimum absolute atomic E-state index is 0.192. The number of esters is 1. The number of benzene rings is 1. The van der Waals surface area contributed by atoms with Crippen molar-refractivity contribution in [2.75, 3.05) is 7.11 Å². The molecule has 1 aromatic carbocycles. The third-order valence-corrected chi connectivity index (χ3v) is 1.86. The second-order valence-corrected chi connectivity index (χ2v) is 3.03. The Labute approximate surface area is 94.6 Å². The fourth-order valence-electron chi connectivity index (χ4n) is 1.15. The van der Waals surface area contributed by atoms with E-state index < -0.39 is 24.7 Å². The fourth-order valence-corrected chi connectivity index (χ4v) is 1.15. The van der Waals surface area contributed by atoms with Crippen molar-refractivity contribution in [3.63, 3.8) is 0 Å². The van der Waals surface area contributed by atoms with Gasteiger partial charge in [-0.15, -0.1) is 13.2 Å². The van der Waals surface area contributed by atoms with Gasteiger partial charge in [-0.25, -0.2) is 4.79 Å². The van der Waals surface area contributed by atoms with Gasteiger partial charge in [-0.3, -0.25) is 0 Å². The van der Waals surface area contributed by atoms with E-state index >= 15 is 0 Å². The molecule has 1 rings (SSSR count). The molecule has 0 atom stereocenters. The van der Waals surface area contributed by atoms with Crippen LogP contribution in [0.25, 0.3) is 0 Å². The summed E-state index contributed by atoms with van der Waals surface area (Å²) in [5, 5.41) is 8.79. The molecule has 0 saturated heterocycles. The van der Waals surface area contributed by atoms with Crippen LogP contribution >= 0.6 is 0 Å². The van der Waals surface area contributed by atoms with Gasteiger partial charge in [0.2, 0.25) is 0 Å². The zero-order valence-corrected chi connectivity index (χ0v) is 8.75. The summed E-state index contributed by atoms with van der Waals surface area (Å²) in [4.78, 5) is 11.2. The number of methoxy groups -OCH3 is 1. The number of carbonyl (C=O) groups excluding carboxylic acids is 1. The minimum atomic E-state index is -4.92. The van der Waals surface area contributed by atoms with E-state index in [0.29, 0.717) is 0 Å². The number of hydrogen-bond donors (Lipinski definition) is 1. The standard InChI is InChI=1S/C10H9F3O4/c1-16-9(15)7-3-2-6(5-14)4-8(7)17-10(11,12)13/h2-4,14H,5H2,1H3. The maximum Gasteiger partial charge on any atom is 0.573 e. The molecular formula is C10H9F3O4. The van der Waals surface area contributed by atoms with E-state index in [0.717, 1.165) is 19.2 Å². The first-order valence-electron chi connectivity index (χ1n) is 4.45. The number of alkyl halides is 3. The zero-order chi connectivity index (χ0) is 13.1. The van der Waals surface area contributed by atoms with Crippen molar-refractivity contribution in [1.29, 1.82) is 0 Å². The molecule has 0 saturated carbocycles. The van der Waals surface area contributed by atoms with Gasteiger partial charge in [0, 0.05) is 0 Å². The van der Waals surface area contributed by atoms with Crippen LogP contribution in [-0.4, -0.2) is 24.5 Å². The van der Waals surface area contributed by atoms with Gasteiger partial charge >= 0.3 is 12.3 Å². The van der Waals surface area contributed by atoms with Crippen molar-refractivity contribution < 1.29 is 32.5 Å². The van der Waals surface area contributed by atoms with Crippen molar-refractivity contribution in [2.24, 2.45) is 0 Å². The van der Waals surface area contributed by atoms with Crippen molar-refractivity contribution >= 4 is 5.97 Å². The van der Waals surface area contributed by atoms with Crippen molar-refractivity contribution in [2.45, 2.75) is 13.0 Å². The van der Waals surface area contributed by atoms with Gasteiger partial charge < -0.3 is 14.6 Å². The summed E-state index contributed by atoms with van der Waals surface area (Å²) in [6.07, 6.45) is -4.92. The Balaban J connectivity index is 3.16. The topological polar surface area (TPSA) is 55.8 Å². The number of rotatable bonds is 3. The zero-order valence-electron chi connectivity index (χ0n) is 8.75. The van der Waals surface area contributed by atoms with Crippen molar-refractivity contribution in [3.8, 4) is 5.75 Å². The Morgan fingerprint density at radius 2 is 2.06 bits per heavy atom. The molecule has 94 valence electrons. The number of ether oxygens (including phenoxy) is 2. The molecule has 0 aliphatic carbocycles. The quantitative estimate of drug-likeness (QED) is 0.832. The number of hydrogen-bond acceptors (Lipinski definition) is 4. The molecule has 0 unspecified atom stereocenters. The summed E-state index contributed by atoms with van der Waals surface area (Å²) in [6, 6.07) is 3.33. The second kappa shape index (κ2) is 5.05. The van der Waals surface area contributed by atoms with E-state index in [9.17, 15) is 18.0 Å². The smallest absolute Gasteiger partial charge is 0.465 e. The molecule has 0 aromatic heterocycles. The predicted octanol–water partition coefficient (Wildman–Crippen LogP) is 1.86. The summed E-state index contributed by atoms with van der Waals surface area (Å²) in [7, 11) is 1.04. The molecule has 4 nitrogen and oxygen atoms in total. The minimum Gasteiger partial charge on any atom is -0.465 e. The predicted molar refractivity (Wildman–Crippen MR) is 50.4 cm³/mol. The third kappa shape index (κ3) is 3.63. The molecule has 7 heteroatoms. The van der Waals surface area contributed by atoms with E-state index in [2.05, 4.69) is 9.47 Å². The highest BCUT2D eigenvalue weighted by molar-refractivity contribution is 5.92. The molecule has 0 spiro atoms. The van der Waals surface area contributed by atoms with Crippen LogP contribution in [0.1, 0.15) is 15.9 Å². The average Bonchev–Trinajstić information content (AvgIpc) is 2.25. The first-order chi connectivity index (χ1) is 7.87. The lowest BCUT2D eigenvalue weighted by Gasteiger charge is -2.13. The van der Waals surface area contributed by atoms with Gasteiger partial charge in [-0.05, 0) is 17.7 Å². The van der Waals surface area contributed by atoms with Crippen LogP contribution in [0.5, 0.6) is 5.75 Å². The lowest BCUT2D eigenvalue weighted by molar-refractivity contribution is -0.274. The normalized spacial score (nSPS) is 11.1.